The van der Waals surface area contributed by atoms with Crippen molar-refractivity contribution in [3.63, 3.8) is 0 Å². The standard InChI is InChI=1S/C12H15N3S2/c1-3-11-14-12(17-15-11)16-10-7-5-4-6-9(10)8(2)13/h4-8H,3,13H2,1-2H3/t8-/m1/s1. The number of hydrogen-bond acceptors (Lipinski definition) is 5. The van der Waals surface area contributed by atoms with Crippen LogP contribution in [0.2, 0.25) is 0 Å². The highest BCUT2D eigenvalue weighted by Gasteiger charge is 2.10. The van der Waals surface area contributed by atoms with E-state index in [2.05, 4.69) is 28.4 Å². The summed E-state index contributed by atoms with van der Waals surface area (Å²) in [6.45, 7) is 4.06. The van der Waals surface area contributed by atoms with Crippen molar-refractivity contribution < 1.29 is 0 Å². The fourth-order valence-electron chi connectivity index (χ4n) is 1.47. The Kier molecular flexibility index (Phi) is 4.15. The lowest BCUT2D eigenvalue weighted by Crippen LogP contribution is -2.05. The summed E-state index contributed by atoms with van der Waals surface area (Å²) < 4.78 is 5.27. The van der Waals surface area contributed by atoms with Crippen LogP contribution in [0.1, 0.15) is 31.3 Å². The summed E-state index contributed by atoms with van der Waals surface area (Å²) >= 11 is 3.09. The van der Waals surface area contributed by atoms with Crippen molar-refractivity contribution in [2.75, 3.05) is 0 Å². The van der Waals surface area contributed by atoms with Gasteiger partial charge < -0.3 is 5.73 Å². The molecule has 0 saturated heterocycles. The lowest BCUT2D eigenvalue weighted by atomic mass is 10.1. The van der Waals surface area contributed by atoms with E-state index < -0.39 is 0 Å². The lowest BCUT2D eigenvalue weighted by molar-refractivity contribution is 0.797. The van der Waals surface area contributed by atoms with Crippen molar-refractivity contribution >= 4 is 23.3 Å². The summed E-state index contributed by atoms with van der Waals surface area (Å²) in [7, 11) is 0. The Labute approximate surface area is 110 Å². The number of aryl methyl sites for hydroxylation is 1. The molecule has 0 radical (unpaired) electrons. The van der Waals surface area contributed by atoms with Gasteiger partial charge in [-0.25, -0.2) is 4.98 Å². The van der Waals surface area contributed by atoms with Crippen LogP contribution in [0.3, 0.4) is 0 Å². The molecule has 0 fully saturated rings. The fourth-order valence-corrected chi connectivity index (χ4v) is 3.35. The van der Waals surface area contributed by atoms with Crippen molar-refractivity contribution in [3.05, 3.63) is 35.7 Å². The molecule has 2 N–H and O–H groups in total. The van der Waals surface area contributed by atoms with Gasteiger partial charge in [0, 0.05) is 17.4 Å². The van der Waals surface area contributed by atoms with Crippen molar-refractivity contribution in [2.24, 2.45) is 5.73 Å². The van der Waals surface area contributed by atoms with Gasteiger partial charge in [-0.1, -0.05) is 36.9 Å². The largest absolute Gasteiger partial charge is 0.324 e. The number of nitrogens with zero attached hydrogens (tertiary/aromatic N) is 2. The molecule has 0 aliphatic rings. The van der Waals surface area contributed by atoms with E-state index in [9.17, 15) is 0 Å². The van der Waals surface area contributed by atoms with E-state index in [4.69, 9.17) is 5.73 Å². The molecule has 0 unspecified atom stereocenters. The van der Waals surface area contributed by atoms with E-state index >= 15 is 0 Å². The molecule has 0 saturated carbocycles. The van der Waals surface area contributed by atoms with Crippen molar-refractivity contribution in [1.29, 1.82) is 0 Å². The SMILES string of the molecule is CCc1nsc(Sc2ccccc2[C@@H](C)N)n1. The minimum atomic E-state index is 0.0391. The van der Waals surface area contributed by atoms with E-state index in [1.165, 1.54) is 16.4 Å². The van der Waals surface area contributed by atoms with Gasteiger partial charge in [0.25, 0.3) is 0 Å². The van der Waals surface area contributed by atoms with E-state index in [1.807, 2.05) is 19.1 Å². The van der Waals surface area contributed by atoms with Crippen molar-refractivity contribution in [3.8, 4) is 0 Å². The first-order valence-electron chi connectivity index (χ1n) is 5.55. The maximum absolute atomic E-state index is 5.95. The van der Waals surface area contributed by atoms with E-state index in [1.54, 1.807) is 11.8 Å². The number of benzene rings is 1. The molecule has 2 rings (SSSR count). The molecule has 0 aliphatic heterocycles. The molecule has 1 aromatic heterocycles. The van der Waals surface area contributed by atoms with Crippen molar-refractivity contribution in [1.82, 2.24) is 9.36 Å². The van der Waals surface area contributed by atoms with Gasteiger partial charge in [-0.15, -0.1) is 0 Å². The van der Waals surface area contributed by atoms with Gasteiger partial charge >= 0.3 is 0 Å². The zero-order valence-electron chi connectivity index (χ0n) is 9.88. The number of nitrogens with two attached hydrogens (primary N) is 1. The Morgan fingerprint density at radius 1 is 1.41 bits per heavy atom. The Balaban J connectivity index is 2.23. The quantitative estimate of drug-likeness (QED) is 0.921. The summed E-state index contributed by atoms with van der Waals surface area (Å²) in [6.07, 6.45) is 0.881. The average molecular weight is 265 g/mol. The van der Waals surface area contributed by atoms with E-state index in [0.717, 1.165) is 22.1 Å². The van der Waals surface area contributed by atoms with Crippen LogP contribution in [0.15, 0.2) is 33.5 Å². The Bertz CT molecular complexity index is 494. The summed E-state index contributed by atoms with van der Waals surface area (Å²) in [5.41, 5.74) is 7.11. The van der Waals surface area contributed by atoms with Gasteiger partial charge in [0.1, 0.15) is 5.82 Å². The smallest absolute Gasteiger partial charge is 0.174 e. The normalized spacial score (nSPS) is 12.6. The fraction of sp³-hybridized carbons (Fsp3) is 0.333. The Hall–Kier alpha value is -0.910. The molecular weight excluding hydrogens is 250 g/mol. The number of aromatic nitrogens is 2. The van der Waals surface area contributed by atoms with Gasteiger partial charge in [0.05, 0.1) is 0 Å². The zero-order chi connectivity index (χ0) is 12.3. The first kappa shape index (κ1) is 12.5. The van der Waals surface area contributed by atoms with Crippen LogP contribution in [0.4, 0.5) is 0 Å². The third-order valence-corrected chi connectivity index (χ3v) is 4.25. The third-order valence-electron chi connectivity index (χ3n) is 2.37. The maximum atomic E-state index is 5.95. The predicted octanol–water partition coefficient (Wildman–Crippen LogP) is 3.27. The first-order chi connectivity index (χ1) is 8.20. The molecule has 1 atom stereocenters. The summed E-state index contributed by atoms with van der Waals surface area (Å²) in [5, 5.41) is 0. The van der Waals surface area contributed by atoms with Crippen LogP contribution in [0.5, 0.6) is 0 Å². The monoisotopic (exact) mass is 265 g/mol. The topological polar surface area (TPSA) is 51.8 Å². The Morgan fingerprint density at radius 2 is 2.18 bits per heavy atom. The molecule has 5 heteroatoms. The molecule has 2 aromatic rings. The molecule has 0 bridgehead atoms. The van der Waals surface area contributed by atoms with E-state index in [-0.39, 0.29) is 6.04 Å². The third kappa shape index (κ3) is 3.06. The summed E-state index contributed by atoms with van der Waals surface area (Å²) in [4.78, 5) is 5.62. The molecular formula is C12H15N3S2. The van der Waals surface area contributed by atoms with Gasteiger partial charge in [-0.3, -0.25) is 0 Å². The summed E-state index contributed by atoms with van der Waals surface area (Å²) in [5.74, 6) is 0.913. The van der Waals surface area contributed by atoms with Gasteiger partial charge in [0.2, 0.25) is 0 Å². The summed E-state index contributed by atoms with van der Waals surface area (Å²) in [6, 6.07) is 8.22. The highest BCUT2D eigenvalue weighted by Crippen LogP contribution is 2.33. The van der Waals surface area contributed by atoms with Crippen LogP contribution in [-0.4, -0.2) is 9.36 Å². The minimum Gasteiger partial charge on any atom is -0.324 e. The second-order valence-electron chi connectivity index (χ2n) is 3.76. The maximum Gasteiger partial charge on any atom is 0.174 e. The molecule has 0 spiro atoms. The van der Waals surface area contributed by atoms with Gasteiger partial charge in [0.15, 0.2) is 4.34 Å². The average Bonchev–Trinajstić information content (AvgIpc) is 2.77. The number of rotatable bonds is 4. The first-order valence-corrected chi connectivity index (χ1v) is 7.14. The zero-order valence-corrected chi connectivity index (χ0v) is 11.5. The van der Waals surface area contributed by atoms with Gasteiger partial charge in [-0.2, -0.15) is 4.37 Å². The predicted molar refractivity (Wildman–Crippen MR) is 72.5 cm³/mol. The molecule has 3 nitrogen and oxygen atoms in total. The van der Waals surface area contributed by atoms with Gasteiger partial charge in [-0.05, 0) is 30.1 Å². The Morgan fingerprint density at radius 3 is 2.82 bits per heavy atom. The minimum absolute atomic E-state index is 0.0391. The molecule has 0 aliphatic carbocycles. The molecule has 90 valence electrons. The lowest BCUT2D eigenvalue weighted by Gasteiger charge is -2.10. The van der Waals surface area contributed by atoms with Crippen LogP contribution < -0.4 is 5.73 Å². The van der Waals surface area contributed by atoms with E-state index in [0.29, 0.717) is 0 Å². The van der Waals surface area contributed by atoms with Crippen LogP contribution in [0.25, 0.3) is 0 Å². The van der Waals surface area contributed by atoms with Crippen molar-refractivity contribution in [2.45, 2.75) is 35.5 Å². The molecule has 1 heterocycles. The highest BCUT2D eigenvalue weighted by molar-refractivity contribution is 8.01. The number of hydrogen-bond donors (Lipinski definition) is 1. The molecule has 17 heavy (non-hydrogen) atoms. The second-order valence-corrected chi connectivity index (χ2v) is 5.80. The van der Waals surface area contributed by atoms with Crippen LogP contribution in [-0.2, 0) is 6.42 Å². The van der Waals surface area contributed by atoms with Crippen LogP contribution in [0, 0.1) is 0 Å². The molecule has 1 aromatic carbocycles. The second kappa shape index (κ2) is 5.62. The molecule has 0 amide bonds. The highest BCUT2D eigenvalue weighted by atomic mass is 32.2. The van der Waals surface area contributed by atoms with Crippen LogP contribution >= 0.6 is 23.3 Å².